The normalized spacial score (nSPS) is 16.4. The van der Waals surface area contributed by atoms with Gasteiger partial charge in [-0.2, -0.15) is 0 Å². The zero-order chi connectivity index (χ0) is 12.3. The molecule has 0 bridgehead atoms. The minimum absolute atomic E-state index is 0.484. The Bertz CT molecular complexity index is 398. The summed E-state index contributed by atoms with van der Waals surface area (Å²) in [6.45, 7) is 1.73. The summed E-state index contributed by atoms with van der Waals surface area (Å²) in [5.74, 6) is 1.34. The molecule has 0 aliphatic carbocycles. The molecule has 0 spiro atoms. The van der Waals surface area contributed by atoms with Gasteiger partial charge in [-0.05, 0) is 29.0 Å². The van der Waals surface area contributed by atoms with Crippen molar-refractivity contribution < 1.29 is 14.6 Å². The van der Waals surface area contributed by atoms with Crippen LogP contribution in [0.4, 0.5) is 0 Å². The van der Waals surface area contributed by atoms with Crippen LogP contribution in [0.1, 0.15) is 18.1 Å². The van der Waals surface area contributed by atoms with E-state index in [0.717, 1.165) is 16.5 Å². The fraction of sp³-hybridized carbons (Fsp3) is 0.500. The van der Waals surface area contributed by atoms with Crippen molar-refractivity contribution in [3.05, 3.63) is 22.2 Å². The average molecular weight is 302 g/mol. The van der Waals surface area contributed by atoms with Gasteiger partial charge in [0.1, 0.15) is 0 Å². The van der Waals surface area contributed by atoms with E-state index in [1.165, 1.54) is 0 Å². The maximum Gasteiger partial charge on any atom is 0.175 e. The topological polar surface area (TPSA) is 50.7 Å². The molecule has 17 heavy (non-hydrogen) atoms. The number of halogens is 1. The number of fused-ring (bicyclic) bond motifs is 1. The second-order valence-electron chi connectivity index (χ2n) is 3.92. The second-order valence-corrected chi connectivity index (χ2v) is 4.77. The molecule has 0 fully saturated rings. The zero-order valence-electron chi connectivity index (χ0n) is 9.70. The van der Waals surface area contributed by atoms with Crippen LogP contribution in [0.15, 0.2) is 16.6 Å². The van der Waals surface area contributed by atoms with Crippen LogP contribution in [0.5, 0.6) is 11.5 Å². The van der Waals surface area contributed by atoms with E-state index in [-0.39, 0.29) is 0 Å². The summed E-state index contributed by atoms with van der Waals surface area (Å²) < 4.78 is 12.2. The van der Waals surface area contributed by atoms with Crippen LogP contribution < -0.4 is 14.8 Å². The van der Waals surface area contributed by atoms with Crippen molar-refractivity contribution in [2.75, 3.05) is 26.8 Å². The molecule has 0 saturated heterocycles. The minimum Gasteiger partial charge on any atom is -0.489 e. The molecule has 0 aromatic heterocycles. The number of rotatable bonds is 3. The minimum atomic E-state index is -0.594. The Hall–Kier alpha value is -0.780. The van der Waals surface area contributed by atoms with Crippen molar-refractivity contribution in [3.8, 4) is 11.5 Å². The predicted molar refractivity (Wildman–Crippen MR) is 68.6 cm³/mol. The van der Waals surface area contributed by atoms with Crippen LogP contribution in [0.2, 0.25) is 0 Å². The van der Waals surface area contributed by atoms with Gasteiger partial charge in [-0.1, -0.05) is 6.07 Å². The monoisotopic (exact) mass is 301 g/mol. The first kappa shape index (κ1) is 12.7. The molecule has 1 aliphatic heterocycles. The van der Waals surface area contributed by atoms with Gasteiger partial charge in [0.2, 0.25) is 0 Å². The molecule has 1 aromatic carbocycles. The number of aliphatic hydroxyl groups excluding tert-OH is 1. The SMILES string of the molecule is CNCC(O)c1ccc(Br)c2c1OCCCO2. The number of likely N-dealkylation sites (N-methyl/N-ethyl adjacent to an activating group) is 1. The highest BCUT2D eigenvalue weighted by Gasteiger charge is 2.21. The number of nitrogens with one attached hydrogen (secondary N) is 1. The lowest BCUT2D eigenvalue weighted by molar-refractivity contribution is 0.171. The maximum atomic E-state index is 10.0. The van der Waals surface area contributed by atoms with Crippen molar-refractivity contribution in [1.29, 1.82) is 0 Å². The highest BCUT2D eigenvalue weighted by Crippen LogP contribution is 2.41. The van der Waals surface area contributed by atoms with Gasteiger partial charge in [0.25, 0.3) is 0 Å². The second kappa shape index (κ2) is 5.71. The van der Waals surface area contributed by atoms with Crippen LogP contribution in [0.3, 0.4) is 0 Å². The van der Waals surface area contributed by atoms with E-state index >= 15 is 0 Å². The highest BCUT2D eigenvalue weighted by atomic mass is 79.9. The van der Waals surface area contributed by atoms with E-state index in [1.807, 2.05) is 12.1 Å². The number of hydrogen-bond donors (Lipinski definition) is 2. The molecule has 2 rings (SSSR count). The average Bonchev–Trinajstić information content (AvgIpc) is 2.56. The molecule has 5 heteroatoms. The third-order valence-electron chi connectivity index (χ3n) is 2.63. The van der Waals surface area contributed by atoms with Crippen molar-refractivity contribution in [2.45, 2.75) is 12.5 Å². The first-order valence-electron chi connectivity index (χ1n) is 5.64. The molecule has 94 valence electrons. The molecule has 1 aliphatic rings. The summed E-state index contributed by atoms with van der Waals surface area (Å²) in [7, 11) is 1.80. The fourth-order valence-electron chi connectivity index (χ4n) is 1.81. The van der Waals surface area contributed by atoms with Crippen molar-refractivity contribution in [3.63, 3.8) is 0 Å². The van der Waals surface area contributed by atoms with Gasteiger partial charge in [-0.25, -0.2) is 0 Å². The molecular weight excluding hydrogens is 286 g/mol. The molecule has 1 aromatic rings. The predicted octanol–water partition coefficient (Wildman–Crippen LogP) is 1.86. The molecule has 1 unspecified atom stereocenters. The first-order valence-corrected chi connectivity index (χ1v) is 6.44. The summed E-state index contributed by atoms with van der Waals surface area (Å²) in [5.41, 5.74) is 0.763. The lowest BCUT2D eigenvalue weighted by Gasteiger charge is -2.17. The van der Waals surface area contributed by atoms with Gasteiger partial charge in [-0.3, -0.25) is 0 Å². The fourth-order valence-corrected chi connectivity index (χ4v) is 2.24. The molecule has 0 saturated carbocycles. The van der Waals surface area contributed by atoms with Crippen LogP contribution in [0, 0.1) is 0 Å². The largest absolute Gasteiger partial charge is 0.489 e. The number of benzene rings is 1. The lowest BCUT2D eigenvalue weighted by atomic mass is 10.1. The molecule has 1 atom stereocenters. The van der Waals surface area contributed by atoms with Gasteiger partial charge < -0.3 is 19.9 Å². The highest BCUT2D eigenvalue weighted by molar-refractivity contribution is 9.10. The van der Waals surface area contributed by atoms with Gasteiger partial charge >= 0.3 is 0 Å². The van der Waals surface area contributed by atoms with E-state index in [2.05, 4.69) is 21.2 Å². The Kier molecular flexibility index (Phi) is 4.25. The Morgan fingerprint density at radius 2 is 2.06 bits per heavy atom. The molecule has 0 radical (unpaired) electrons. The van der Waals surface area contributed by atoms with Crippen molar-refractivity contribution >= 4 is 15.9 Å². The summed E-state index contributed by atoms with van der Waals surface area (Å²) in [4.78, 5) is 0. The molecule has 4 nitrogen and oxygen atoms in total. The molecular formula is C12H16BrNO3. The van der Waals surface area contributed by atoms with E-state index in [9.17, 15) is 5.11 Å². The number of aliphatic hydroxyl groups is 1. The van der Waals surface area contributed by atoms with Gasteiger partial charge in [-0.15, -0.1) is 0 Å². The quantitative estimate of drug-likeness (QED) is 0.895. The van der Waals surface area contributed by atoms with Crippen molar-refractivity contribution in [2.24, 2.45) is 0 Å². The molecule has 0 amide bonds. The summed E-state index contributed by atoms with van der Waals surface area (Å²) >= 11 is 3.44. The Morgan fingerprint density at radius 1 is 1.35 bits per heavy atom. The summed E-state index contributed by atoms with van der Waals surface area (Å²) in [6.07, 6.45) is 0.256. The van der Waals surface area contributed by atoms with Crippen LogP contribution in [0.25, 0.3) is 0 Å². The lowest BCUT2D eigenvalue weighted by Crippen LogP contribution is -2.17. The van der Waals surface area contributed by atoms with E-state index in [4.69, 9.17) is 9.47 Å². The van der Waals surface area contributed by atoms with E-state index in [1.54, 1.807) is 7.05 Å². The molecule has 2 N–H and O–H groups in total. The molecule has 1 heterocycles. The third-order valence-corrected chi connectivity index (χ3v) is 3.26. The summed E-state index contributed by atoms with van der Waals surface area (Å²) in [5, 5.41) is 13.0. The third kappa shape index (κ3) is 2.73. The van der Waals surface area contributed by atoms with E-state index in [0.29, 0.717) is 31.3 Å². The van der Waals surface area contributed by atoms with Gasteiger partial charge in [0.15, 0.2) is 11.5 Å². The Balaban J connectivity index is 2.39. The standard InChI is InChI=1S/C12H16BrNO3/c1-14-7-10(15)8-3-4-9(13)12-11(8)16-5-2-6-17-12/h3-4,10,14-15H,2,5-7H2,1H3. The van der Waals surface area contributed by atoms with Crippen LogP contribution in [-0.4, -0.2) is 31.9 Å². The smallest absolute Gasteiger partial charge is 0.175 e. The zero-order valence-corrected chi connectivity index (χ0v) is 11.3. The summed E-state index contributed by atoms with van der Waals surface area (Å²) in [6, 6.07) is 3.74. The van der Waals surface area contributed by atoms with E-state index < -0.39 is 6.10 Å². The van der Waals surface area contributed by atoms with Gasteiger partial charge in [0, 0.05) is 18.5 Å². The number of ether oxygens (including phenoxy) is 2. The maximum absolute atomic E-state index is 10.0. The van der Waals surface area contributed by atoms with Crippen molar-refractivity contribution in [1.82, 2.24) is 5.32 Å². The number of hydrogen-bond acceptors (Lipinski definition) is 4. The first-order chi connectivity index (χ1) is 8.24. The van der Waals surface area contributed by atoms with Gasteiger partial charge in [0.05, 0.1) is 23.8 Å². The Labute approximate surface area is 109 Å². The Morgan fingerprint density at radius 3 is 2.76 bits per heavy atom. The van der Waals surface area contributed by atoms with Crippen LogP contribution in [-0.2, 0) is 0 Å². The van der Waals surface area contributed by atoms with Crippen LogP contribution >= 0.6 is 15.9 Å².